The third-order valence-corrected chi connectivity index (χ3v) is 4.90. The Kier molecular flexibility index (Phi) is 6.34. The van der Waals surface area contributed by atoms with E-state index in [1.54, 1.807) is 12.1 Å². The first-order valence-electron chi connectivity index (χ1n) is 8.86. The van der Waals surface area contributed by atoms with Gasteiger partial charge in [-0.2, -0.15) is 13.2 Å². The van der Waals surface area contributed by atoms with Gasteiger partial charge < -0.3 is 10.1 Å². The number of alkyl halides is 3. The Morgan fingerprint density at radius 1 is 1.33 bits per heavy atom. The van der Waals surface area contributed by atoms with Crippen LogP contribution < -0.4 is 5.32 Å². The molecule has 0 aromatic heterocycles. The SMILES string of the molecule is CC1CC/C=C(/C(F)(F)F)C=NC1=Nc1ccc(C2CNCCO2)c(Cl)c1. The molecule has 8 heteroatoms. The molecule has 2 aliphatic heterocycles. The molecule has 1 N–H and O–H groups in total. The van der Waals surface area contributed by atoms with Gasteiger partial charge in [0.2, 0.25) is 0 Å². The first-order chi connectivity index (χ1) is 12.8. The highest BCUT2D eigenvalue weighted by Crippen LogP contribution is 2.31. The summed E-state index contributed by atoms with van der Waals surface area (Å²) < 4.78 is 44.5. The summed E-state index contributed by atoms with van der Waals surface area (Å²) in [6.07, 6.45) is -1.62. The maximum Gasteiger partial charge on any atom is 0.417 e. The van der Waals surface area contributed by atoms with Crippen molar-refractivity contribution in [2.24, 2.45) is 15.9 Å². The van der Waals surface area contributed by atoms with Crippen LogP contribution in [0.1, 0.15) is 31.4 Å². The van der Waals surface area contributed by atoms with E-state index in [1.807, 2.05) is 13.0 Å². The van der Waals surface area contributed by atoms with Crippen molar-refractivity contribution in [3.05, 3.63) is 40.4 Å². The molecule has 0 saturated carbocycles. The molecule has 0 aliphatic carbocycles. The minimum Gasteiger partial charge on any atom is -0.371 e. The molecule has 3 rings (SSSR count). The highest BCUT2D eigenvalue weighted by Gasteiger charge is 2.32. The van der Waals surface area contributed by atoms with Crippen molar-refractivity contribution in [3.63, 3.8) is 0 Å². The number of rotatable bonds is 2. The lowest BCUT2D eigenvalue weighted by molar-refractivity contribution is -0.0858. The summed E-state index contributed by atoms with van der Waals surface area (Å²) >= 11 is 6.38. The molecule has 146 valence electrons. The zero-order chi connectivity index (χ0) is 19.4. The van der Waals surface area contributed by atoms with Crippen LogP contribution in [0, 0.1) is 5.92 Å². The molecule has 1 aromatic carbocycles. The second kappa shape index (κ2) is 8.54. The number of allylic oxidation sites excluding steroid dienone is 2. The van der Waals surface area contributed by atoms with Crippen LogP contribution in [0.2, 0.25) is 5.02 Å². The van der Waals surface area contributed by atoms with Crippen LogP contribution in [0.15, 0.2) is 39.8 Å². The van der Waals surface area contributed by atoms with Gasteiger partial charge in [-0.05, 0) is 25.0 Å². The van der Waals surface area contributed by atoms with E-state index in [1.165, 1.54) is 6.08 Å². The first kappa shape index (κ1) is 20.0. The Bertz CT molecular complexity index is 768. The molecule has 4 nitrogen and oxygen atoms in total. The largest absolute Gasteiger partial charge is 0.417 e. The summed E-state index contributed by atoms with van der Waals surface area (Å²) in [7, 11) is 0. The average molecular weight is 400 g/mol. The van der Waals surface area contributed by atoms with Crippen LogP contribution in [0.4, 0.5) is 18.9 Å². The summed E-state index contributed by atoms with van der Waals surface area (Å²) in [5.74, 6) is 0.306. The highest BCUT2D eigenvalue weighted by molar-refractivity contribution is 6.31. The molecule has 0 bridgehead atoms. The number of aliphatic imine (C=N–C) groups is 2. The lowest BCUT2D eigenvalue weighted by atomic mass is 10.0. The Morgan fingerprint density at radius 3 is 2.81 bits per heavy atom. The number of halogens is 4. The minimum atomic E-state index is -4.41. The monoisotopic (exact) mass is 399 g/mol. The predicted molar refractivity (Wildman–Crippen MR) is 101 cm³/mol. The van der Waals surface area contributed by atoms with Gasteiger partial charge in [0, 0.05) is 35.8 Å². The van der Waals surface area contributed by atoms with E-state index in [0.717, 1.165) is 18.3 Å². The van der Waals surface area contributed by atoms with Crippen LogP contribution >= 0.6 is 11.6 Å². The zero-order valence-electron chi connectivity index (χ0n) is 14.9. The summed E-state index contributed by atoms with van der Waals surface area (Å²) in [6.45, 7) is 4.01. The van der Waals surface area contributed by atoms with E-state index in [9.17, 15) is 13.2 Å². The van der Waals surface area contributed by atoms with Gasteiger partial charge in [0.15, 0.2) is 0 Å². The number of morpholine rings is 1. The number of nitrogens with one attached hydrogen (secondary N) is 1. The molecule has 27 heavy (non-hydrogen) atoms. The van der Waals surface area contributed by atoms with Crippen molar-refractivity contribution in [1.29, 1.82) is 0 Å². The third-order valence-electron chi connectivity index (χ3n) is 4.57. The fourth-order valence-corrected chi connectivity index (χ4v) is 3.30. The van der Waals surface area contributed by atoms with Crippen LogP contribution in [-0.4, -0.2) is 37.9 Å². The second-order valence-corrected chi connectivity index (χ2v) is 7.04. The Balaban J connectivity index is 1.84. The molecule has 0 amide bonds. The smallest absolute Gasteiger partial charge is 0.371 e. The minimum absolute atomic E-state index is 0.0587. The van der Waals surface area contributed by atoms with Gasteiger partial charge in [-0.15, -0.1) is 0 Å². The van der Waals surface area contributed by atoms with Gasteiger partial charge in [-0.25, -0.2) is 9.98 Å². The van der Waals surface area contributed by atoms with Crippen LogP contribution in [0.25, 0.3) is 0 Å². The van der Waals surface area contributed by atoms with Gasteiger partial charge in [0.05, 0.1) is 24.0 Å². The van der Waals surface area contributed by atoms with Gasteiger partial charge >= 0.3 is 6.18 Å². The fraction of sp³-hybridized carbons (Fsp3) is 0.474. The zero-order valence-corrected chi connectivity index (χ0v) is 15.6. The molecule has 0 spiro atoms. The van der Waals surface area contributed by atoms with Crippen molar-refractivity contribution >= 4 is 29.3 Å². The molecular formula is C19H21ClF3N3O. The Hall–Kier alpha value is -1.70. The molecular weight excluding hydrogens is 379 g/mol. The molecule has 1 aromatic rings. The number of amidine groups is 1. The number of nitrogens with zero attached hydrogens (tertiary/aromatic N) is 2. The Morgan fingerprint density at radius 2 is 2.15 bits per heavy atom. The van der Waals surface area contributed by atoms with E-state index >= 15 is 0 Å². The standard InChI is InChI=1S/C19H21ClF3N3O/c1-12-3-2-4-13(19(21,22)23)10-25-18(12)26-14-5-6-15(16(20)9-14)17-11-24-7-8-27-17/h4-6,9-10,12,17,24H,2-3,7-8,11H2,1H3/b13-4+,25-10?,26-18?. The number of hydrogen-bond acceptors (Lipinski definition) is 3. The normalized spacial score (nSPS) is 27.7. The lowest BCUT2D eigenvalue weighted by Crippen LogP contribution is -2.33. The lowest BCUT2D eigenvalue weighted by Gasteiger charge is -2.24. The average Bonchev–Trinajstić information content (AvgIpc) is 2.61. The van der Waals surface area contributed by atoms with Gasteiger partial charge in [0.1, 0.15) is 5.84 Å². The second-order valence-electron chi connectivity index (χ2n) is 6.63. The van der Waals surface area contributed by atoms with E-state index < -0.39 is 11.7 Å². The number of benzene rings is 1. The Labute approximate surface area is 161 Å². The van der Waals surface area contributed by atoms with Gasteiger partial charge in [-0.1, -0.05) is 30.7 Å². The van der Waals surface area contributed by atoms with Crippen molar-refractivity contribution in [3.8, 4) is 0 Å². The van der Waals surface area contributed by atoms with Crippen molar-refractivity contribution < 1.29 is 17.9 Å². The summed E-state index contributed by atoms with van der Waals surface area (Å²) in [5.41, 5.74) is 0.686. The molecule has 1 fully saturated rings. The van der Waals surface area contributed by atoms with Crippen LogP contribution in [-0.2, 0) is 4.74 Å². The van der Waals surface area contributed by atoms with E-state index in [4.69, 9.17) is 16.3 Å². The summed E-state index contributed by atoms with van der Waals surface area (Å²) in [6, 6.07) is 5.33. The molecule has 2 aliphatic rings. The van der Waals surface area contributed by atoms with Gasteiger partial charge in [-0.3, -0.25) is 0 Å². The first-order valence-corrected chi connectivity index (χ1v) is 9.24. The van der Waals surface area contributed by atoms with Crippen LogP contribution in [0.3, 0.4) is 0 Å². The number of hydrogen-bond donors (Lipinski definition) is 1. The van der Waals surface area contributed by atoms with E-state index in [2.05, 4.69) is 15.3 Å². The molecule has 1 saturated heterocycles. The van der Waals surface area contributed by atoms with Crippen LogP contribution in [0.5, 0.6) is 0 Å². The maximum atomic E-state index is 12.9. The topological polar surface area (TPSA) is 46.0 Å². The highest BCUT2D eigenvalue weighted by atomic mass is 35.5. The maximum absolute atomic E-state index is 12.9. The quantitative estimate of drug-likeness (QED) is 0.758. The molecule has 2 heterocycles. The van der Waals surface area contributed by atoms with Crippen molar-refractivity contribution in [1.82, 2.24) is 5.32 Å². The third kappa shape index (κ3) is 5.18. The number of ether oxygens (including phenoxy) is 1. The molecule has 2 atom stereocenters. The van der Waals surface area contributed by atoms with Crippen molar-refractivity contribution in [2.45, 2.75) is 32.0 Å². The van der Waals surface area contributed by atoms with Crippen molar-refractivity contribution in [2.75, 3.05) is 19.7 Å². The molecule has 0 radical (unpaired) electrons. The molecule has 2 unspecified atom stereocenters. The van der Waals surface area contributed by atoms with E-state index in [-0.39, 0.29) is 12.0 Å². The summed E-state index contributed by atoms with van der Waals surface area (Å²) in [5, 5.41) is 3.77. The fourth-order valence-electron chi connectivity index (χ4n) is 3.01. The summed E-state index contributed by atoms with van der Waals surface area (Å²) in [4.78, 5) is 8.46. The predicted octanol–water partition coefficient (Wildman–Crippen LogP) is 5.02. The van der Waals surface area contributed by atoms with Gasteiger partial charge in [0.25, 0.3) is 0 Å². The van der Waals surface area contributed by atoms with E-state index in [0.29, 0.717) is 42.5 Å².